The molecule has 0 unspecified atom stereocenters. The topological polar surface area (TPSA) is 50.7 Å². The van der Waals surface area contributed by atoms with Gasteiger partial charge in [0.25, 0.3) is 5.91 Å². The number of hydrogen-bond donors (Lipinski definition) is 1. The third-order valence-electron chi connectivity index (χ3n) is 2.75. The van der Waals surface area contributed by atoms with Crippen LogP contribution in [0.2, 0.25) is 0 Å². The Morgan fingerprint density at radius 2 is 1.86 bits per heavy atom. The number of benzene rings is 2. The molecule has 0 saturated carbocycles. The van der Waals surface area contributed by atoms with Crippen molar-refractivity contribution in [3.8, 4) is 5.75 Å². The number of ether oxygens (including phenoxy) is 1. The summed E-state index contributed by atoms with van der Waals surface area (Å²) >= 11 is 3.33. The summed E-state index contributed by atoms with van der Waals surface area (Å²) in [6.45, 7) is 3.96. The predicted molar refractivity (Wildman–Crippen MR) is 91.4 cm³/mol. The molecule has 0 radical (unpaired) electrons. The van der Waals surface area contributed by atoms with Crippen LogP contribution in [0.4, 0.5) is 0 Å². The minimum atomic E-state index is -0.261. The Hall–Kier alpha value is -2.14. The van der Waals surface area contributed by atoms with Crippen LogP contribution in [-0.2, 0) is 0 Å². The Labute approximate surface area is 138 Å². The average molecular weight is 361 g/mol. The summed E-state index contributed by atoms with van der Waals surface area (Å²) in [5, 5.41) is 3.96. The molecule has 0 saturated heterocycles. The Bertz CT molecular complexity index is 667. The number of carbonyl (C=O) groups excluding carboxylic acids is 1. The van der Waals surface area contributed by atoms with Crippen molar-refractivity contribution in [3.63, 3.8) is 0 Å². The number of carbonyl (C=O) groups is 1. The molecule has 22 heavy (non-hydrogen) atoms. The van der Waals surface area contributed by atoms with Gasteiger partial charge in [-0.05, 0) is 71.7 Å². The zero-order chi connectivity index (χ0) is 15.9. The van der Waals surface area contributed by atoms with Gasteiger partial charge in [0.1, 0.15) is 5.75 Å². The van der Waals surface area contributed by atoms with Gasteiger partial charge in [-0.15, -0.1) is 0 Å². The molecule has 1 N–H and O–H groups in total. The number of halogens is 1. The van der Waals surface area contributed by atoms with Crippen LogP contribution in [0, 0.1) is 0 Å². The van der Waals surface area contributed by atoms with Gasteiger partial charge in [0, 0.05) is 4.47 Å². The first kappa shape index (κ1) is 16.2. The first-order chi connectivity index (χ1) is 10.6. The third kappa shape index (κ3) is 4.70. The zero-order valence-corrected chi connectivity index (χ0v) is 14.0. The highest BCUT2D eigenvalue weighted by Gasteiger charge is 2.07. The van der Waals surface area contributed by atoms with Gasteiger partial charge in [0.05, 0.1) is 17.9 Å². The van der Waals surface area contributed by atoms with Crippen LogP contribution in [-0.4, -0.2) is 18.2 Å². The molecule has 0 aliphatic carbocycles. The van der Waals surface area contributed by atoms with Crippen LogP contribution in [0.25, 0.3) is 0 Å². The van der Waals surface area contributed by atoms with E-state index in [-0.39, 0.29) is 12.0 Å². The molecule has 2 rings (SSSR count). The molecule has 0 fully saturated rings. The zero-order valence-electron chi connectivity index (χ0n) is 12.4. The molecule has 0 bridgehead atoms. The molecule has 1 amide bonds. The van der Waals surface area contributed by atoms with Crippen LogP contribution in [0.5, 0.6) is 5.75 Å². The minimum Gasteiger partial charge on any atom is -0.491 e. The average Bonchev–Trinajstić information content (AvgIpc) is 2.49. The van der Waals surface area contributed by atoms with E-state index < -0.39 is 0 Å². The van der Waals surface area contributed by atoms with E-state index in [0.717, 1.165) is 15.8 Å². The van der Waals surface area contributed by atoms with Crippen molar-refractivity contribution in [2.24, 2.45) is 5.10 Å². The fraction of sp³-hybridized carbons (Fsp3) is 0.176. The Balaban J connectivity index is 1.95. The molecule has 4 nitrogen and oxygen atoms in total. The van der Waals surface area contributed by atoms with Gasteiger partial charge in [0.15, 0.2) is 0 Å². The monoisotopic (exact) mass is 360 g/mol. The summed E-state index contributed by atoms with van der Waals surface area (Å²) in [6.07, 6.45) is 1.73. The molecule has 0 heterocycles. The standard InChI is InChI=1S/C17H17BrN2O2/c1-12(2)22-14-9-7-13(8-10-14)11-19-20-17(21)15-5-3-4-6-16(15)18/h3-12H,1-2H3,(H,20,21)/b19-11-. The van der Waals surface area contributed by atoms with E-state index in [0.29, 0.717) is 5.56 Å². The summed E-state index contributed by atoms with van der Waals surface area (Å²) < 4.78 is 6.30. The Kier molecular flexibility index (Phi) is 5.72. The summed E-state index contributed by atoms with van der Waals surface area (Å²) in [7, 11) is 0. The van der Waals surface area contributed by atoms with Gasteiger partial charge < -0.3 is 4.74 Å². The number of nitrogens with zero attached hydrogens (tertiary/aromatic N) is 1. The van der Waals surface area contributed by atoms with Gasteiger partial charge >= 0.3 is 0 Å². The normalized spacial score (nSPS) is 10.9. The molecular formula is C17H17BrN2O2. The lowest BCUT2D eigenvalue weighted by Gasteiger charge is -2.09. The number of nitrogens with one attached hydrogen (secondary N) is 1. The molecule has 114 valence electrons. The minimum absolute atomic E-state index is 0.142. The second-order valence-electron chi connectivity index (χ2n) is 4.91. The summed E-state index contributed by atoms with van der Waals surface area (Å²) in [5.41, 5.74) is 3.92. The van der Waals surface area contributed by atoms with Crippen molar-refractivity contribution in [1.82, 2.24) is 5.43 Å². The van der Waals surface area contributed by atoms with E-state index in [2.05, 4.69) is 26.5 Å². The van der Waals surface area contributed by atoms with E-state index in [1.807, 2.05) is 50.2 Å². The van der Waals surface area contributed by atoms with E-state index in [1.54, 1.807) is 18.3 Å². The molecule has 0 aliphatic heterocycles. The van der Waals surface area contributed by atoms with Crippen molar-refractivity contribution in [1.29, 1.82) is 0 Å². The van der Waals surface area contributed by atoms with Gasteiger partial charge in [0.2, 0.25) is 0 Å². The number of hydrogen-bond acceptors (Lipinski definition) is 3. The van der Waals surface area contributed by atoms with Gasteiger partial charge in [-0.2, -0.15) is 5.10 Å². The molecule has 2 aromatic rings. The van der Waals surface area contributed by atoms with Crippen LogP contribution in [0.1, 0.15) is 29.8 Å². The van der Waals surface area contributed by atoms with Crippen molar-refractivity contribution in [2.75, 3.05) is 0 Å². The van der Waals surface area contributed by atoms with Crippen LogP contribution in [0.3, 0.4) is 0 Å². The van der Waals surface area contributed by atoms with Crippen molar-refractivity contribution >= 4 is 28.1 Å². The molecule has 0 spiro atoms. The van der Waals surface area contributed by atoms with Crippen molar-refractivity contribution < 1.29 is 9.53 Å². The second-order valence-corrected chi connectivity index (χ2v) is 5.77. The van der Waals surface area contributed by atoms with Gasteiger partial charge in [-0.25, -0.2) is 5.43 Å². The predicted octanol–water partition coefficient (Wildman–Crippen LogP) is 4.00. The highest BCUT2D eigenvalue weighted by molar-refractivity contribution is 9.10. The van der Waals surface area contributed by atoms with Crippen molar-refractivity contribution in [3.05, 3.63) is 64.1 Å². The van der Waals surface area contributed by atoms with Crippen LogP contribution >= 0.6 is 15.9 Å². The lowest BCUT2D eigenvalue weighted by Crippen LogP contribution is -2.18. The quantitative estimate of drug-likeness (QED) is 0.647. The number of amides is 1. The molecule has 0 aliphatic rings. The fourth-order valence-corrected chi connectivity index (χ4v) is 2.24. The largest absolute Gasteiger partial charge is 0.491 e. The van der Waals surface area contributed by atoms with Crippen molar-refractivity contribution in [2.45, 2.75) is 20.0 Å². The van der Waals surface area contributed by atoms with E-state index >= 15 is 0 Å². The maximum absolute atomic E-state index is 12.0. The first-order valence-corrected chi connectivity index (χ1v) is 7.70. The molecule has 2 aromatic carbocycles. The van der Waals surface area contributed by atoms with E-state index in [9.17, 15) is 4.79 Å². The summed E-state index contributed by atoms with van der Waals surface area (Å²) in [6, 6.07) is 14.7. The SMILES string of the molecule is CC(C)Oc1ccc(/C=N\NC(=O)c2ccccc2Br)cc1. The highest BCUT2D eigenvalue weighted by Crippen LogP contribution is 2.15. The van der Waals surface area contributed by atoms with E-state index in [1.165, 1.54) is 0 Å². The molecule has 5 heteroatoms. The lowest BCUT2D eigenvalue weighted by molar-refractivity contribution is 0.0954. The molecule has 0 atom stereocenters. The molecular weight excluding hydrogens is 344 g/mol. The maximum Gasteiger partial charge on any atom is 0.272 e. The van der Waals surface area contributed by atoms with Gasteiger partial charge in [-0.3, -0.25) is 4.79 Å². The highest BCUT2D eigenvalue weighted by atomic mass is 79.9. The molecule has 0 aromatic heterocycles. The fourth-order valence-electron chi connectivity index (χ4n) is 1.78. The number of rotatable bonds is 5. The first-order valence-electron chi connectivity index (χ1n) is 6.91. The van der Waals surface area contributed by atoms with Crippen LogP contribution < -0.4 is 10.2 Å². The van der Waals surface area contributed by atoms with Crippen LogP contribution in [0.15, 0.2) is 58.1 Å². The van der Waals surface area contributed by atoms with Gasteiger partial charge in [-0.1, -0.05) is 12.1 Å². The lowest BCUT2D eigenvalue weighted by atomic mass is 10.2. The summed E-state index contributed by atoms with van der Waals surface area (Å²) in [5.74, 6) is 0.549. The maximum atomic E-state index is 12.0. The Morgan fingerprint density at radius 1 is 1.18 bits per heavy atom. The smallest absolute Gasteiger partial charge is 0.272 e. The number of hydrazone groups is 1. The summed E-state index contributed by atoms with van der Waals surface area (Å²) in [4.78, 5) is 12.0. The second kappa shape index (κ2) is 7.75. The third-order valence-corrected chi connectivity index (χ3v) is 3.44. The Morgan fingerprint density at radius 3 is 2.50 bits per heavy atom. The van der Waals surface area contributed by atoms with E-state index in [4.69, 9.17) is 4.74 Å².